The molecule has 4 aromatic rings. The predicted octanol–water partition coefficient (Wildman–Crippen LogP) is 6.46. The summed E-state index contributed by atoms with van der Waals surface area (Å²) in [5, 5.41) is 4.01. The van der Waals surface area contributed by atoms with Crippen LogP contribution in [0.5, 0.6) is 0 Å². The summed E-state index contributed by atoms with van der Waals surface area (Å²) >= 11 is 6.11. The molecular weight excluding hydrogens is 396 g/mol. The summed E-state index contributed by atoms with van der Waals surface area (Å²) in [5.41, 5.74) is 3.06. The van der Waals surface area contributed by atoms with Crippen molar-refractivity contribution in [3.05, 3.63) is 101 Å². The van der Waals surface area contributed by atoms with E-state index in [1.807, 2.05) is 72.8 Å². The minimum atomic E-state index is -0.188. The third kappa shape index (κ3) is 4.67. The molecule has 0 aliphatic heterocycles. The van der Waals surface area contributed by atoms with E-state index in [9.17, 15) is 4.79 Å². The number of anilines is 1. The van der Waals surface area contributed by atoms with Crippen molar-refractivity contribution in [3.63, 3.8) is 0 Å². The molecule has 5 heteroatoms. The van der Waals surface area contributed by atoms with Crippen LogP contribution in [0, 0.1) is 0 Å². The number of amides is 1. The van der Waals surface area contributed by atoms with Gasteiger partial charge < -0.3 is 9.73 Å². The first-order valence-electron chi connectivity index (χ1n) is 9.46. The Kier molecular flexibility index (Phi) is 5.77. The number of carbonyl (C=O) groups is 1. The summed E-state index contributed by atoms with van der Waals surface area (Å²) in [6.45, 7) is 1.45. The molecule has 0 fully saturated rings. The summed E-state index contributed by atoms with van der Waals surface area (Å²) < 4.78 is 6.19. The number of nitrogens with one attached hydrogen (secondary N) is 1. The Hall–Kier alpha value is -3.63. The molecule has 0 unspecified atom stereocenters. The number of hydrogen-bond acceptors (Lipinski definition) is 3. The molecule has 1 heterocycles. The molecule has 1 N–H and O–H groups in total. The molecule has 4 rings (SSSR count). The fraction of sp³-hybridized carbons (Fsp3) is 0.0400. The highest BCUT2D eigenvalue weighted by Crippen LogP contribution is 2.29. The average molecular weight is 415 g/mol. The molecule has 1 aromatic heterocycles. The lowest BCUT2D eigenvalue weighted by Gasteiger charge is -2.08. The zero-order valence-corrected chi connectivity index (χ0v) is 17.1. The number of benzene rings is 3. The van der Waals surface area contributed by atoms with Gasteiger partial charge in [-0.25, -0.2) is 4.99 Å². The lowest BCUT2D eigenvalue weighted by atomic mass is 10.1. The van der Waals surface area contributed by atoms with Gasteiger partial charge in [0, 0.05) is 35.2 Å². The van der Waals surface area contributed by atoms with Gasteiger partial charge in [-0.3, -0.25) is 4.79 Å². The van der Waals surface area contributed by atoms with Crippen molar-refractivity contribution in [2.45, 2.75) is 6.92 Å². The maximum Gasteiger partial charge on any atom is 0.221 e. The van der Waals surface area contributed by atoms with Crippen molar-refractivity contribution >= 4 is 28.9 Å². The van der Waals surface area contributed by atoms with Crippen molar-refractivity contribution < 1.29 is 9.21 Å². The van der Waals surface area contributed by atoms with Crippen molar-refractivity contribution in [1.29, 1.82) is 0 Å². The van der Waals surface area contributed by atoms with Crippen LogP contribution in [0.3, 0.4) is 0 Å². The summed E-state index contributed by atoms with van der Waals surface area (Å²) in [7, 11) is 0. The van der Waals surface area contributed by atoms with E-state index in [0.29, 0.717) is 33.3 Å². The van der Waals surface area contributed by atoms with Crippen LogP contribution in [0.2, 0.25) is 5.02 Å². The second-order valence-electron chi connectivity index (χ2n) is 6.73. The molecule has 0 spiro atoms. The highest BCUT2D eigenvalue weighted by atomic mass is 35.5. The van der Waals surface area contributed by atoms with Crippen LogP contribution in [0.25, 0.3) is 22.6 Å². The van der Waals surface area contributed by atoms with Gasteiger partial charge in [-0.2, -0.15) is 0 Å². The Morgan fingerprint density at radius 1 is 0.833 bits per heavy atom. The van der Waals surface area contributed by atoms with E-state index in [-0.39, 0.29) is 5.91 Å². The van der Waals surface area contributed by atoms with Gasteiger partial charge in [0.25, 0.3) is 0 Å². The maximum absolute atomic E-state index is 11.6. The van der Waals surface area contributed by atoms with E-state index >= 15 is 0 Å². The van der Waals surface area contributed by atoms with E-state index in [4.69, 9.17) is 21.0 Å². The summed E-state index contributed by atoms with van der Waals surface area (Å²) in [4.78, 5) is 16.4. The molecule has 0 saturated carbocycles. The van der Waals surface area contributed by atoms with Crippen molar-refractivity contribution in [3.8, 4) is 22.6 Å². The van der Waals surface area contributed by atoms with Gasteiger partial charge in [0.15, 0.2) is 0 Å². The van der Waals surface area contributed by atoms with Crippen LogP contribution in [0.4, 0.5) is 11.4 Å². The van der Waals surface area contributed by atoms with Crippen LogP contribution < -0.4 is 10.7 Å². The standard InChI is InChI=1S/C25H19ClN2O2/c1-17(29)27-23-14-20(26)12-13-22(23)28-21-15-24(18-8-4-2-5-9-18)30-25(16-21)19-10-6-3-7-11-19/h2-16H,1H3,(H,27,29). The highest BCUT2D eigenvalue weighted by molar-refractivity contribution is 6.31. The van der Waals surface area contributed by atoms with Crippen LogP contribution >= 0.6 is 11.6 Å². The second kappa shape index (κ2) is 8.80. The number of carbonyl (C=O) groups excluding carboxylic acids is 1. The lowest BCUT2D eigenvalue weighted by Crippen LogP contribution is -2.07. The first-order chi connectivity index (χ1) is 14.6. The largest absolute Gasteiger partial charge is 0.456 e. The molecule has 4 nitrogen and oxygen atoms in total. The van der Waals surface area contributed by atoms with Crippen LogP contribution in [0.15, 0.2) is 100 Å². The first kappa shape index (κ1) is 19.7. The zero-order valence-electron chi connectivity index (χ0n) is 16.3. The van der Waals surface area contributed by atoms with E-state index in [1.165, 1.54) is 6.92 Å². The van der Waals surface area contributed by atoms with Crippen molar-refractivity contribution in [1.82, 2.24) is 0 Å². The van der Waals surface area contributed by atoms with Crippen LogP contribution in [-0.2, 0) is 4.79 Å². The zero-order chi connectivity index (χ0) is 20.9. The van der Waals surface area contributed by atoms with Gasteiger partial charge in [0.1, 0.15) is 11.5 Å². The quantitative estimate of drug-likeness (QED) is 0.416. The van der Waals surface area contributed by atoms with Crippen molar-refractivity contribution in [2.24, 2.45) is 4.99 Å². The molecular formula is C25H19ClN2O2. The third-order valence-electron chi connectivity index (χ3n) is 4.41. The van der Waals surface area contributed by atoms with E-state index < -0.39 is 0 Å². The molecule has 3 aromatic carbocycles. The molecule has 0 saturated heterocycles. The summed E-state index contributed by atoms with van der Waals surface area (Å²) in [6.07, 6.45) is 0. The third-order valence-corrected chi connectivity index (χ3v) is 4.65. The predicted molar refractivity (Wildman–Crippen MR) is 121 cm³/mol. The molecule has 0 radical (unpaired) electrons. The van der Waals surface area contributed by atoms with Gasteiger partial charge in [-0.15, -0.1) is 0 Å². The fourth-order valence-corrected chi connectivity index (χ4v) is 3.25. The Balaban J connectivity index is 1.91. The SMILES string of the molecule is CC(=O)Nc1cc(Cl)ccc1N=c1cc(-c2ccccc2)oc(-c2ccccc2)c1. The molecule has 0 aliphatic rings. The second-order valence-corrected chi connectivity index (χ2v) is 7.17. The molecule has 30 heavy (non-hydrogen) atoms. The highest BCUT2D eigenvalue weighted by Gasteiger charge is 2.08. The van der Waals surface area contributed by atoms with Gasteiger partial charge in [0.05, 0.1) is 16.7 Å². The summed E-state index contributed by atoms with van der Waals surface area (Å²) in [5.74, 6) is 1.21. The first-order valence-corrected chi connectivity index (χ1v) is 9.84. The number of nitrogens with zero attached hydrogens (tertiary/aromatic N) is 1. The van der Waals surface area contributed by atoms with Gasteiger partial charge in [-0.1, -0.05) is 72.3 Å². The Morgan fingerprint density at radius 2 is 1.40 bits per heavy atom. The Bertz CT molecular complexity index is 1190. The maximum atomic E-state index is 11.6. The number of halogens is 1. The minimum Gasteiger partial charge on any atom is -0.456 e. The Labute approximate surface area is 179 Å². The van der Waals surface area contributed by atoms with Gasteiger partial charge in [0.2, 0.25) is 5.91 Å². The molecule has 0 bridgehead atoms. The fourth-order valence-electron chi connectivity index (χ4n) is 3.08. The average Bonchev–Trinajstić information content (AvgIpc) is 2.76. The number of rotatable bonds is 4. The number of hydrogen-bond donors (Lipinski definition) is 1. The smallest absolute Gasteiger partial charge is 0.221 e. The van der Waals surface area contributed by atoms with E-state index in [0.717, 1.165) is 11.1 Å². The van der Waals surface area contributed by atoms with Gasteiger partial charge >= 0.3 is 0 Å². The Morgan fingerprint density at radius 3 is 1.93 bits per heavy atom. The molecule has 0 aliphatic carbocycles. The van der Waals surface area contributed by atoms with Gasteiger partial charge in [-0.05, 0) is 18.2 Å². The van der Waals surface area contributed by atoms with Crippen LogP contribution in [0.1, 0.15) is 6.92 Å². The normalized spacial score (nSPS) is 10.5. The molecule has 0 atom stereocenters. The topological polar surface area (TPSA) is 54.6 Å². The monoisotopic (exact) mass is 414 g/mol. The van der Waals surface area contributed by atoms with Crippen molar-refractivity contribution in [2.75, 3.05) is 5.32 Å². The van der Waals surface area contributed by atoms with Crippen LogP contribution in [-0.4, -0.2) is 5.91 Å². The van der Waals surface area contributed by atoms with E-state index in [1.54, 1.807) is 18.2 Å². The molecule has 1 amide bonds. The summed E-state index contributed by atoms with van der Waals surface area (Å²) in [6, 6.07) is 28.7. The molecule has 148 valence electrons. The van der Waals surface area contributed by atoms with E-state index in [2.05, 4.69) is 5.32 Å². The lowest BCUT2D eigenvalue weighted by molar-refractivity contribution is -0.114. The minimum absolute atomic E-state index is 0.188.